The molecule has 1 unspecified atom stereocenters. The first-order chi connectivity index (χ1) is 16.2. The minimum atomic E-state index is -4.18. The Morgan fingerprint density at radius 2 is 1.97 bits per heavy atom. The molecular formula is C24H27N3O5S2. The second kappa shape index (κ2) is 10.4. The summed E-state index contributed by atoms with van der Waals surface area (Å²) in [5, 5.41) is -0.114. The number of aryl methyl sites for hydroxylation is 1. The number of hydrogen-bond acceptors (Lipinski definition) is 7. The summed E-state index contributed by atoms with van der Waals surface area (Å²) in [6.07, 6.45) is 7.60. The third-order valence-electron chi connectivity index (χ3n) is 5.20. The van der Waals surface area contributed by atoms with Crippen molar-refractivity contribution in [1.82, 2.24) is 13.9 Å². The van der Waals surface area contributed by atoms with Gasteiger partial charge in [0.2, 0.25) is 5.16 Å². The number of aromatic nitrogens is 3. The van der Waals surface area contributed by atoms with Crippen LogP contribution in [0.25, 0.3) is 11.0 Å². The van der Waals surface area contributed by atoms with Crippen LogP contribution >= 0.6 is 0 Å². The number of allylic oxidation sites excluding steroid dienone is 4. The SMILES string of the molecule is C=CC(=C/C=C\C)S(=O)(=O)n1c(S(=O)Cc2ncc(C)c(OC)c2C)nc2ccc(OC)cc21. The van der Waals surface area contributed by atoms with Crippen LogP contribution < -0.4 is 9.47 Å². The highest BCUT2D eigenvalue weighted by Crippen LogP contribution is 2.30. The van der Waals surface area contributed by atoms with Crippen molar-refractivity contribution in [1.29, 1.82) is 0 Å². The van der Waals surface area contributed by atoms with Crippen LogP contribution in [0.1, 0.15) is 23.7 Å². The van der Waals surface area contributed by atoms with E-state index < -0.39 is 20.8 Å². The average Bonchev–Trinajstić information content (AvgIpc) is 3.21. The minimum Gasteiger partial charge on any atom is -0.497 e. The Morgan fingerprint density at radius 3 is 2.59 bits per heavy atom. The maximum Gasteiger partial charge on any atom is 0.270 e. The fourth-order valence-corrected chi connectivity index (χ4v) is 6.50. The molecule has 0 aliphatic heterocycles. The molecule has 2 aromatic heterocycles. The molecule has 0 aliphatic rings. The van der Waals surface area contributed by atoms with E-state index in [-0.39, 0.29) is 21.3 Å². The quantitative estimate of drug-likeness (QED) is 0.405. The second-order valence-electron chi connectivity index (χ2n) is 7.35. The smallest absolute Gasteiger partial charge is 0.270 e. The van der Waals surface area contributed by atoms with Gasteiger partial charge in [0.25, 0.3) is 10.0 Å². The lowest BCUT2D eigenvalue weighted by Crippen LogP contribution is -2.18. The van der Waals surface area contributed by atoms with Gasteiger partial charge < -0.3 is 9.47 Å². The molecule has 0 fully saturated rings. The molecule has 1 atom stereocenters. The van der Waals surface area contributed by atoms with Gasteiger partial charge in [-0.2, -0.15) is 0 Å². The van der Waals surface area contributed by atoms with E-state index in [9.17, 15) is 12.6 Å². The number of pyridine rings is 1. The maximum atomic E-state index is 13.7. The molecule has 8 nitrogen and oxygen atoms in total. The highest BCUT2D eigenvalue weighted by molar-refractivity contribution is 7.94. The number of fused-ring (bicyclic) bond motifs is 1. The molecule has 0 spiro atoms. The molecule has 180 valence electrons. The first kappa shape index (κ1) is 25.4. The van der Waals surface area contributed by atoms with Gasteiger partial charge in [-0.25, -0.2) is 17.4 Å². The fraction of sp³-hybridized carbons (Fsp3) is 0.250. The predicted octanol–water partition coefficient (Wildman–Crippen LogP) is 4.20. The van der Waals surface area contributed by atoms with Gasteiger partial charge in [-0.3, -0.25) is 9.19 Å². The number of nitrogens with zero attached hydrogens (tertiary/aromatic N) is 3. The van der Waals surface area contributed by atoms with Crippen LogP contribution in [-0.4, -0.2) is 40.8 Å². The summed E-state index contributed by atoms with van der Waals surface area (Å²) in [6, 6.07) is 4.84. The van der Waals surface area contributed by atoms with E-state index in [0.29, 0.717) is 22.7 Å². The molecule has 0 saturated carbocycles. The summed E-state index contributed by atoms with van der Waals surface area (Å²) >= 11 is 0. The molecule has 2 heterocycles. The Labute approximate surface area is 202 Å². The van der Waals surface area contributed by atoms with E-state index >= 15 is 0 Å². The van der Waals surface area contributed by atoms with Crippen LogP contribution in [0.3, 0.4) is 0 Å². The van der Waals surface area contributed by atoms with Crippen molar-refractivity contribution in [3.05, 3.63) is 77.0 Å². The van der Waals surface area contributed by atoms with Crippen molar-refractivity contribution >= 4 is 31.9 Å². The lowest BCUT2D eigenvalue weighted by molar-refractivity contribution is 0.407. The first-order valence-corrected chi connectivity index (χ1v) is 13.1. The number of hydrogen-bond donors (Lipinski definition) is 0. The summed E-state index contributed by atoms with van der Waals surface area (Å²) in [5.41, 5.74) is 2.74. The van der Waals surface area contributed by atoms with Crippen molar-refractivity contribution < 1.29 is 22.1 Å². The molecular weight excluding hydrogens is 474 g/mol. The summed E-state index contributed by atoms with van der Waals surface area (Å²) in [4.78, 5) is 8.77. The number of rotatable bonds is 9. The van der Waals surface area contributed by atoms with Gasteiger partial charge >= 0.3 is 0 Å². The lowest BCUT2D eigenvalue weighted by Gasteiger charge is -2.13. The Kier molecular flexibility index (Phi) is 7.73. The largest absolute Gasteiger partial charge is 0.497 e. The van der Waals surface area contributed by atoms with Crippen LogP contribution in [0.4, 0.5) is 0 Å². The van der Waals surface area contributed by atoms with Crippen molar-refractivity contribution in [2.75, 3.05) is 14.2 Å². The predicted molar refractivity (Wildman–Crippen MR) is 134 cm³/mol. The normalized spacial score (nSPS) is 13.4. The zero-order chi connectivity index (χ0) is 25.0. The first-order valence-electron chi connectivity index (χ1n) is 10.3. The van der Waals surface area contributed by atoms with Crippen LogP contribution in [0.2, 0.25) is 0 Å². The fourth-order valence-electron chi connectivity index (χ4n) is 3.48. The van der Waals surface area contributed by atoms with E-state index in [1.165, 1.54) is 19.3 Å². The molecule has 34 heavy (non-hydrogen) atoms. The average molecular weight is 502 g/mol. The molecule has 0 saturated heterocycles. The Hall–Kier alpha value is -3.24. The van der Waals surface area contributed by atoms with E-state index in [0.717, 1.165) is 15.1 Å². The topological polar surface area (TPSA) is 100 Å². The second-order valence-corrected chi connectivity index (χ2v) is 10.5. The molecule has 0 N–H and O–H groups in total. The van der Waals surface area contributed by atoms with Crippen LogP contribution in [0.15, 0.2) is 65.3 Å². The molecule has 0 amide bonds. The third-order valence-corrected chi connectivity index (χ3v) is 8.29. The molecule has 0 radical (unpaired) electrons. The molecule has 3 rings (SSSR count). The summed E-state index contributed by atoms with van der Waals surface area (Å²) in [7, 11) is -2.99. The molecule has 0 aliphatic carbocycles. The summed E-state index contributed by atoms with van der Waals surface area (Å²) < 4.78 is 52.6. The summed E-state index contributed by atoms with van der Waals surface area (Å²) in [6.45, 7) is 9.11. The van der Waals surface area contributed by atoms with Crippen LogP contribution in [-0.2, 0) is 26.6 Å². The number of benzene rings is 1. The van der Waals surface area contributed by atoms with Crippen molar-refractivity contribution in [2.45, 2.75) is 31.7 Å². The highest BCUT2D eigenvalue weighted by atomic mass is 32.2. The lowest BCUT2D eigenvalue weighted by atomic mass is 10.1. The monoisotopic (exact) mass is 501 g/mol. The van der Waals surface area contributed by atoms with E-state index in [1.54, 1.807) is 50.6 Å². The van der Waals surface area contributed by atoms with Crippen LogP contribution in [0.5, 0.6) is 11.5 Å². The van der Waals surface area contributed by atoms with Gasteiger partial charge in [-0.15, -0.1) is 0 Å². The molecule has 10 heteroatoms. The maximum absolute atomic E-state index is 13.7. The van der Waals surface area contributed by atoms with Crippen molar-refractivity contribution in [3.63, 3.8) is 0 Å². The van der Waals surface area contributed by atoms with Gasteiger partial charge in [-0.1, -0.05) is 18.7 Å². The third kappa shape index (κ3) is 4.69. The van der Waals surface area contributed by atoms with Crippen LogP contribution in [0, 0.1) is 13.8 Å². The van der Waals surface area contributed by atoms with Crippen molar-refractivity contribution in [2.24, 2.45) is 0 Å². The Bertz CT molecular complexity index is 1440. The van der Waals surface area contributed by atoms with Gasteiger partial charge in [0.15, 0.2) is 0 Å². The van der Waals surface area contributed by atoms with Gasteiger partial charge in [-0.05, 0) is 45.1 Å². The molecule has 1 aromatic carbocycles. The zero-order valence-electron chi connectivity index (χ0n) is 19.7. The number of ether oxygens (including phenoxy) is 2. The molecule has 3 aromatic rings. The number of methoxy groups -OCH3 is 2. The Balaban J connectivity index is 2.24. The van der Waals surface area contributed by atoms with E-state index in [4.69, 9.17) is 9.47 Å². The van der Waals surface area contributed by atoms with Gasteiger partial charge in [0.1, 0.15) is 11.5 Å². The van der Waals surface area contributed by atoms with Crippen molar-refractivity contribution in [3.8, 4) is 11.5 Å². The number of imidazole rings is 1. The minimum absolute atomic E-state index is 0.0412. The van der Waals surface area contributed by atoms with E-state index in [1.807, 2.05) is 13.8 Å². The molecule has 0 bridgehead atoms. The van der Waals surface area contributed by atoms with E-state index in [2.05, 4.69) is 16.5 Å². The zero-order valence-corrected chi connectivity index (χ0v) is 21.4. The summed E-state index contributed by atoms with van der Waals surface area (Å²) in [5.74, 6) is 1.05. The Morgan fingerprint density at radius 1 is 1.24 bits per heavy atom. The highest BCUT2D eigenvalue weighted by Gasteiger charge is 2.29. The standard InChI is InChI=1S/C24H27N3O5S2/c1-7-9-10-19(8-2)34(29,30)27-22-13-18(31-5)11-12-20(22)26-24(27)33(28)15-21-17(4)23(32-6)16(3)14-25-21/h7-14H,2,15H2,1,3-6H3/b9-7-,19-10?. The van der Waals surface area contributed by atoms with Gasteiger partial charge in [0, 0.05) is 23.4 Å². The van der Waals surface area contributed by atoms with Gasteiger partial charge in [0.05, 0.1) is 52.4 Å².